The maximum Gasteiger partial charge on any atom is 0.257 e. The lowest BCUT2D eigenvalue weighted by Crippen LogP contribution is -2.43. The summed E-state index contributed by atoms with van der Waals surface area (Å²) in [4.78, 5) is 28.2. The van der Waals surface area contributed by atoms with Crippen LogP contribution in [0.4, 0.5) is 15.8 Å². The number of amides is 1. The summed E-state index contributed by atoms with van der Waals surface area (Å²) in [7, 11) is 0. The van der Waals surface area contributed by atoms with Crippen LogP contribution in [0.25, 0.3) is 16.7 Å². The predicted octanol–water partition coefficient (Wildman–Crippen LogP) is 2.06. The van der Waals surface area contributed by atoms with E-state index in [1.807, 2.05) is 6.07 Å². The fraction of sp³-hybridized carbons (Fsp3) is 0.182. The molecule has 154 valence electrons. The summed E-state index contributed by atoms with van der Waals surface area (Å²) in [6, 6.07) is 4.83. The number of fused-ring (bicyclic) bond motifs is 2. The Morgan fingerprint density at radius 2 is 1.94 bits per heavy atom. The van der Waals surface area contributed by atoms with E-state index in [-0.39, 0.29) is 11.3 Å². The first-order valence-corrected chi connectivity index (χ1v) is 9.79. The summed E-state index contributed by atoms with van der Waals surface area (Å²) in [5.41, 5.74) is 3.14. The molecule has 1 fully saturated rings. The van der Waals surface area contributed by atoms with Crippen molar-refractivity contribution in [2.24, 2.45) is 0 Å². The Hall–Kier alpha value is -4.03. The van der Waals surface area contributed by atoms with Gasteiger partial charge in [0.1, 0.15) is 16.7 Å². The van der Waals surface area contributed by atoms with Gasteiger partial charge in [0.25, 0.3) is 5.91 Å². The number of hydrogen-bond acceptors (Lipinski definition) is 6. The third-order valence-electron chi connectivity index (χ3n) is 5.22. The monoisotopic (exact) mass is 415 g/mol. The molecule has 1 amide bonds. The topological polar surface area (TPSA) is 87.5 Å². The summed E-state index contributed by atoms with van der Waals surface area (Å²) in [6.45, 7) is 3.46. The van der Waals surface area contributed by atoms with E-state index in [1.165, 1.54) is 16.7 Å². The number of hydrogen-bond donors (Lipinski definition) is 2. The number of nitrogens with one attached hydrogen (secondary N) is 2. The van der Waals surface area contributed by atoms with Crippen molar-refractivity contribution in [3.8, 4) is 12.3 Å². The highest BCUT2D eigenvalue weighted by atomic mass is 19.1. The molecule has 4 heterocycles. The summed E-state index contributed by atoms with van der Waals surface area (Å²) in [5, 5.41) is 6.06. The van der Waals surface area contributed by atoms with Crippen LogP contribution in [0.3, 0.4) is 0 Å². The first-order valence-electron chi connectivity index (χ1n) is 9.79. The van der Waals surface area contributed by atoms with Crippen molar-refractivity contribution in [1.29, 1.82) is 0 Å². The number of terminal acetylenes is 1. The Bertz CT molecular complexity index is 1350. The second-order valence-corrected chi connectivity index (χ2v) is 7.16. The number of pyridine rings is 1. The number of benzene rings is 1. The van der Waals surface area contributed by atoms with Crippen LogP contribution in [0.5, 0.6) is 0 Å². The number of piperazine rings is 1. The van der Waals surface area contributed by atoms with Crippen LogP contribution in [0.2, 0.25) is 0 Å². The lowest BCUT2D eigenvalue weighted by atomic mass is 10.1. The molecule has 0 aliphatic carbocycles. The zero-order valence-corrected chi connectivity index (χ0v) is 16.5. The number of carbonyl (C=O) groups excluding carboxylic acids is 1. The Labute approximate surface area is 177 Å². The first kappa shape index (κ1) is 19.0. The molecule has 4 aromatic rings. The van der Waals surface area contributed by atoms with Gasteiger partial charge in [0.15, 0.2) is 11.5 Å². The van der Waals surface area contributed by atoms with Gasteiger partial charge in [-0.05, 0) is 18.1 Å². The zero-order valence-electron chi connectivity index (χ0n) is 16.5. The molecular weight excluding hydrogens is 397 g/mol. The van der Waals surface area contributed by atoms with Gasteiger partial charge in [-0.3, -0.25) is 14.8 Å². The summed E-state index contributed by atoms with van der Waals surface area (Å²) >= 11 is 0. The predicted molar refractivity (Wildman–Crippen MR) is 116 cm³/mol. The highest BCUT2D eigenvalue weighted by Crippen LogP contribution is 2.27. The maximum absolute atomic E-state index is 14.4. The van der Waals surface area contributed by atoms with E-state index in [0.29, 0.717) is 22.3 Å². The van der Waals surface area contributed by atoms with E-state index in [1.54, 1.807) is 24.7 Å². The fourth-order valence-corrected chi connectivity index (χ4v) is 3.78. The van der Waals surface area contributed by atoms with Gasteiger partial charge in [0.2, 0.25) is 0 Å². The van der Waals surface area contributed by atoms with Crippen LogP contribution in [0.1, 0.15) is 16.1 Å². The molecule has 0 spiro atoms. The molecule has 1 aromatic carbocycles. The normalized spacial score (nSPS) is 14.0. The quantitative estimate of drug-likeness (QED) is 0.498. The van der Waals surface area contributed by atoms with Gasteiger partial charge >= 0.3 is 0 Å². The van der Waals surface area contributed by atoms with Gasteiger partial charge in [-0.15, -0.1) is 6.42 Å². The lowest BCUT2D eigenvalue weighted by molar-refractivity contribution is 0.102. The Kier molecular flexibility index (Phi) is 4.69. The van der Waals surface area contributed by atoms with E-state index >= 15 is 0 Å². The lowest BCUT2D eigenvalue weighted by Gasteiger charge is -2.30. The second-order valence-electron chi connectivity index (χ2n) is 7.16. The van der Waals surface area contributed by atoms with Gasteiger partial charge in [0.05, 0.1) is 16.9 Å². The van der Waals surface area contributed by atoms with Gasteiger partial charge in [-0.2, -0.15) is 0 Å². The standard InChI is InChI=1S/C22H18FN7O/c1-2-14-12-30-13-15(11-17(23)21(30)27-14)28-22(31)16-3-4-18(29-9-7-24-8-10-29)20-19(16)25-5-6-26-20/h1,3-6,11-13,24H,7-10H2,(H,28,31). The van der Waals surface area contributed by atoms with Crippen molar-refractivity contribution < 1.29 is 9.18 Å². The maximum atomic E-state index is 14.4. The highest BCUT2D eigenvalue weighted by Gasteiger charge is 2.20. The van der Waals surface area contributed by atoms with Crippen LogP contribution >= 0.6 is 0 Å². The number of nitrogens with zero attached hydrogens (tertiary/aromatic N) is 5. The molecule has 0 atom stereocenters. The van der Waals surface area contributed by atoms with Crippen molar-refractivity contribution in [2.75, 3.05) is 36.4 Å². The number of aromatic nitrogens is 4. The SMILES string of the molecule is C#Cc1cn2cc(NC(=O)c3ccc(N4CCNCC4)c4nccnc34)cc(F)c2n1. The highest BCUT2D eigenvalue weighted by molar-refractivity contribution is 6.13. The third kappa shape index (κ3) is 3.43. The van der Waals surface area contributed by atoms with Crippen molar-refractivity contribution in [2.45, 2.75) is 0 Å². The third-order valence-corrected chi connectivity index (χ3v) is 5.22. The smallest absolute Gasteiger partial charge is 0.257 e. The van der Waals surface area contributed by atoms with E-state index < -0.39 is 11.7 Å². The Morgan fingerprint density at radius 1 is 1.16 bits per heavy atom. The van der Waals surface area contributed by atoms with E-state index in [2.05, 4.69) is 36.4 Å². The first-order chi connectivity index (χ1) is 15.1. The van der Waals surface area contributed by atoms with Gasteiger partial charge < -0.3 is 19.9 Å². The molecule has 5 rings (SSSR count). The number of carbonyl (C=O) groups is 1. The molecule has 2 N–H and O–H groups in total. The fourth-order valence-electron chi connectivity index (χ4n) is 3.78. The largest absolute Gasteiger partial charge is 0.367 e. The Morgan fingerprint density at radius 3 is 2.71 bits per heavy atom. The van der Waals surface area contributed by atoms with E-state index in [9.17, 15) is 9.18 Å². The summed E-state index contributed by atoms with van der Waals surface area (Å²) < 4.78 is 15.9. The second kappa shape index (κ2) is 7.66. The molecule has 1 aliphatic rings. The molecule has 8 nitrogen and oxygen atoms in total. The summed E-state index contributed by atoms with van der Waals surface area (Å²) in [6.07, 6.45) is 11.6. The van der Waals surface area contributed by atoms with Crippen LogP contribution < -0.4 is 15.5 Å². The minimum atomic E-state index is -0.585. The molecule has 1 aliphatic heterocycles. The molecule has 1 saturated heterocycles. The van der Waals surface area contributed by atoms with E-state index in [0.717, 1.165) is 31.9 Å². The molecule has 0 unspecified atom stereocenters. The molecule has 0 saturated carbocycles. The van der Waals surface area contributed by atoms with Gasteiger partial charge in [-0.25, -0.2) is 9.37 Å². The van der Waals surface area contributed by atoms with Crippen molar-refractivity contribution in [3.63, 3.8) is 0 Å². The molecular formula is C22H18FN7O. The minimum absolute atomic E-state index is 0.0997. The number of imidazole rings is 1. The average Bonchev–Trinajstić information content (AvgIpc) is 3.23. The van der Waals surface area contributed by atoms with Crippen LogP contribution in [-0.4, -0.2) is 51.4 Å². The molecule has 0 radical (unpaired) electrons. The van der Waals surface area contributed by atoms with Crippen LogP contribution in [-0.2, 0) is 0 Å². The van der Waals surface area contributed by atoms with Crippen LogP contribution in [0.15, 0.2) is 43.0 Å². The number of anilines is 2. The van der Waals surface area contributed by atoms with E-state index in [4.69, 9.17) is 6.42 Å². The summed E-state index contributed by atoms with van der Waals surface area (Å²) in [5.74, 6) is 1.38. The number of halogens is 1. The van der Waals surface area contributed by atoms with Gasteiger partial charge in [0, 0.05) is 57.0 Å². The van der Waals surface area contributed by atoms with Gasteiger partial charge in [-0.1, -0.05) is 0 Å². The molecule has 3 aromatic heterocycles. The molecule has 9 heteroatoms. The number of rotatable bonds is 3. The van der Waals surface area contributed by atoms with Crippen molar-refractivity contribution >= 4 is 34.0 Å². The minimum Gasteiger partial charge on any atom is -0.367 e. The van der Waals surface area contributed by atoms with Crippen LogP contribution in [0, 0.1) is 18.2 Å². The Balaban J connectivity index is 1.50. The van der Waals surface area contributed by atoms with Crippen molar-refractivity contribution in [3.05, 3.63) is 60.1 Å². The average molecular weight is 415 g/mol. The zero-order chi connectivity index (χ0) is 21.4. The van der Waals surface area contributed by atoms with Crippen molar-refractivity contribution in [1.82, 2.24) is 24.7 Å². The molecule has 31 heavy (non-hydrogen) atoms. The molecule has 0 bridgehead atoms.